The molecule has 0 bridgehead atoms. The number of aromatic nitrogens is 2. The molecule has 6 heteroatoms. The number of nitrogens with one attached hydrogen (secondary N) is 1. The maximum Gasteiger partial charge on any atom is 0.266 e. The first-order valence-corrected chi connectivity index (χ1v) is 9.56. The number of carbonyl (C=O) groups is 1. The molecule has 3 rings (SSSR count). The minimum Gasteiger partial charge on any atom is -0.344 e. The minimum absolute atomic E-state index is 0.125. The molecule has 0 unspecified atom stereocenters. The zero-order valence-electron chi connectivity index (χ0n) is 14.9. The van der Waals surface area contributed by atoms with E-state index in [1.54, 1.807) is 16.7 Å². The maximum atomic E-state index is 13.1. The average Bonchev–Trinajstić information content (AvgIpc) is 2.71. The summed E-state index contributed by atoms with van der Waals surface area (Å²) in [6.45, 7) is 2.25. The minimum atomic E-state index is -0.201. The van der Waals surface area contributed by atoms with Crippen LogP contribution in [0.5, 0.6) is 0 Å². The van der Waals surface area contributed by atoms with Gasteiger partial charge in [0.1, 0.15) is 0 Å². The van der Waals surface area contributed by atoms with Crippen molar-refractivity contribution < 1.29 is 4.79 Å². The van der Waals surface area contributed by atoms with Crippen LogP contribution in [-0.4, -0.2) is 27.8 Å². The number of nitrogens with zero attached hydrogens (tertiary/aromatic N) is 2. The van der Waals surface area contributed by atoms with Gasteiger partial charge in [-0.15, -0.1) is 6.42 Å². The summed E-state index contributed by atoms with van der Waals surface area (Å²) in [5, 5.41) is 3.63. The molecular weight excluding hydrogens is 358 g/mol. The van der Waals surface area contributed by atoms with Crippen LogP contribution in [0.25, 0.3) is 16.6 Å². The lowest BCUT2D eigenvalue weighted by Gasteiger charge is -2.13. The molecule has 5 nitrogen and oxygen atoms in total. The Morgan fingerprint density at radius 3 is 2.67 bits per heavy atom. The summed E-state index contributed by atoms with van der Waals surface area (Å²) in [4.78, 5) is 29.6. The summed E-state index contributed by atoms with van der Waals surface area (Å²) in [6, 6.07) is 15.0. The number of carbonyl (C=O) groups excluding carboxylic acids is 1. The van der Waals surface area contributed by atoms with E-state index in [1.807, 2.05) is 36.4 Å². The highest BCUT2D eigenvalue weighted by molar-refractivity contribution is 7.99. The van der Waals surface area contributed by atoms with E-state index in [4.69, 9.17) is 6.42 Å². The molecule has 1 heterocycles. The molecule has 1 N–H and O–H groups in total. The number of para-hydroxylation sites is 1. The SMILES string of the molecule is C#CCNC(=O)CSc1nc2ccccc2c(=O)n1-c1ccc(CC)cc1. The fourth-order valence-electron chi connectivity index (χ4n) is 2.65. The van der Waals surface area contributed by atoms with E-state index in [1.165, 1.54) is 17.3 Å². The fraction of sp³-hybridized carbons (Fsp3) is 0.190. The molecule has 1 amide bonds. The molecule has 3 aromatic rings. The molecule has 1 aromatic heterocycles. The molecule has 2 aromatic carbocycles. The van der Waals surface area contributed by atoms with Gasteiger partial charge in [-0.05, 0) is 36.2 Å². The van der Waals surface area contributed by atoms with Crippen molar-refractivity contribution in [2.24, 2.45) is 0 Å². The van der Waals surface area contributed by atoms with Crippen LogP contribution in [0.2, 0.25) is 0 Å². The third-order valence-electron chi connectivity index (χ3n) is 4.07. The van der Waals surface area contributed by atoms with E-state index in [2.05, 4.69) is 23.1 Å². The Balaban J connectivity index is 2.05. The van der Waals surface area contributed by atoms with E-state index in [0.29, 0.717) is 16.1 Å². The van der Waals surface area contributed by atoms with E-state index in [0.717, 1.165) is 12.1 Å². The van der Waals surface area contributed by atoms with Crippen molar-refractivity contribution >= 4 is 28.6 Å². The first-order valence-electron chi connectivity index (χ1n) is 8.58. The standard InChI is InChI=1S/C21H19N3O2S/c1-3-13-22-19(25)14-27-21-23-18-8-6-5-7-17(18)20(26)24(21)16-11-9-15(4-2)10-12-16/h1,5-12H,4,13-14H2,2H3,(H,22,25). The van der Waals surface area contributed by atoms with Crippen molar-refractivity contribution in [1.29, 1.82) is 0 Å². The fourth-order valence-corrected chi connectivity index (χ4v) is 3.49. The van der Waals surface area contributed by atoms with Gasteiger partial charge >= 0.3 is 0 Å². The average molecular weight is 377 g/mol. The quantitative estimate of drug-likeness (QED) is 0.408. The van der Waals surface area contributed by atoms with Gasteiger partial charge < -0.3 is 5.32 Å². The zero-order chi connectivity index (χ0) is 19.2. The number of rotatable bonds is 6. The van der Waals surface area contributed by atoms with Gasteiger partial charge in [0, 0.05) is 0 Å². The van der Waals surface area contributed by atoms with Crippen molar-refractivity contribution in [3.05, 3.63) is 64.4 Å². The van der Waals surface area contributed by atoms with Gasteiger partial charge in [0.05, 0.1) is 28.9 Å². The molecule has 0 radical (unpaired) electrons. The number of hydrogen-bond acceptors (Lipinski definition) is 4. The lowest BCUT2D eigenvalue weighted by atomic mass is 10.1. The van der Waals surface area contributed by atoms with Crippen LogP contribution in [-0.2, 0) is 11.2 Å². The molecule has 0 fully saturated rings. The van der Waals surface area contributed by atoms with E-state index in [9.17, 15) is 9.59 Å². The second kappa shape index (κ2) is 8.56. The topological polar surface area (TPSA) is 64.0 Å². The van der Waals surface area contributed by atoms with Gasteiger partial charge in [0.15, 0.2) is 5.16 Å². The van der Waals surface area contributed by atoms with Crippen LogP contribution in [0.4, 0.5) is 0 Å². The van der Waals surface area contributed by atoms with Crippen molar-refractivity contribution in [3.8, 4) is 18.0 Å². The highest BCUT2D eigenvalue weighted by Crippen LogP contribution is 2.21. The monoisotopic (exact) mass is 377 g/mol. The number of aryl methyl sites for hydroxylation is 1. The molecule has 0 spiro atoms. The lowest BCUT2D eigenvalue weighted by molar-refractivity contribution is -0.118. The molecule has 0 saturated carbocycles. The summed E-state index contributed by atoms with van der Waals surface area (Å²) < 4.78 is 1.56. The number of amides is 1. The van der Waals surface area contributed by atoms with Crippen molar-refractivity contribution in [1.82, 2.24) is 14.9 Å². The maximum absolute atomic E-state index is 13.1. The summed E-state index contributed by atoms with van der Waals surface area (Å²) in [6.07, 6.45) is 6.08. The molecule has 136 valence electrons. The van der Waals surface area contributed by atoms with E-state index < -0.39 is 0 Å². The first kappa shape index (κ1) is 18.7. The van der Waals surface area contributed by atoms with Gasteiger partial charge in [-0.2, -0.15) is 0 Å². The van der Waals surface area contributed by atoms with Crippen LogP contribution in [0.3, 0.4) is 0 Å². The predicted octanol–water partition coefficient (Wildman–Crippen LogP) is 2.79. The second-order valence-electron chi connectivity index (χ2n) is 5.84. The third-order valence-corrected chi connectivity index (χ3v) is 5.01. The normalized spacial score (nSPS) is 10.5. The van der Waals surface area contributed by atoms with Crippen LogP contribution < -0.4 is 10.9 Å². The van der Waals surface area contributed by atoms with Crippen LogP contribution in [0, 0.1) is 12.3 Å². The third kappa shape index (κ3) is 4.21. The Hall–Kier alpha value is -3.04. The summed E-state index contributed by atoms with van der Waals surface area (Å²) >= 11 is 1.21. The number of hydrogen-bond donors (Lipinski definition) is 1. The zero-order valence-corrected chi connectivity index (χ0v) is 15.8. The van der Waals surface area contributed by atoms with Gasteiger partial charge in [-0.1, -0.05) is 48.9 Å². The van der Waals surface area contributed by atoms with Crippen LogP contribution in [0.15, 0.2) is 58.5 Å². The number of fused-ring (bicyclic) bond motifs is 1. The van der Waals surface area contributed by atoms with E-state index in [-0.39, 0.29) is 23.8 Å². The highest BCUT2D eigenvalue weighted by Gasteiger charge is 2.14. The van der Waals surface area contributed by atoms with E-state index >= 15 is 0 Å². The summed E-state index contributed by atoms with van der Waals surface area (Å²) in [7, 11) is 0. The lowest BCUT2D eigenvalue weighted by Crippen LogP contribution is -2.26. The molecule has 0 aliphatic heterocycles. The van der Waals surface area contributed by atoms with Crippen LogP contribution >= 0.6 is 11.8 Å². The largest absolute Gasteiger partial charge is 0.344 e. The number of benzene rings is 2. The Kier molecular flexibility index (Phi) is 5.94. The number of thioether (sulfide) groups is 1. The Morgan fingerprint density at radius 1 is 1.22 bits per heavy atom. The number of terminal acetylenes is 1. The summed E-state index contributed by atoms with van der Waals surface area (Å²) in [5.74, 6) is 2.29. The Bertz CT molecular complexity index is 1070. The van der Waals surface area contributed by atoms with Gasteiger partial charge in [0.2, 0.25) is 5.91 Å². The van der Waals surface area contributed by atoms with Gasteiger partial charge in [0.25, 0.3) is 5.56 Å². The second-order valence-corrected chi connectivity index (χ2v) is 6.78. The van der Waals surface area contributed by atoms with Gasteiger partial charge in [-0.25, -0.2) is 4.98 Å². The molecule has 27 heavy (non-hydrogen) atoms. The van der Waals surface area contributed by atoms with Gasteiger partial charge in [-0.3, -0.25) is 14.2 Å². The molecular formula is C21H19N3O2S. The molecule has 0 aliphatic rings. The Labute approximate surface area is 161 Å². The molecule has 0 atom stereocenters. The smallest absolute Gasteiger partial charge is 0.266 e. The van der Waals surface area contributed by atoms with Crippen LogP contribution in [0.1, 0.15) is 12.5 Å². The highest BCUT2D eigenvalue weighted by atomic mass is 32.2. The predicted molar refractivity (Wildman–Crippen MR) is 109 cm³/mol. The Morgan fingerprint density at radius 2 is 1.96 bits per heavy atom. The molecule has 0 saturated heterocycles. The first-order chi connectivity index (χ1) is 13.1. The summed E-state index contributed by atoms with van der Waals surface area (Å²) in [5.41, 5.74) is 2.36. The van der Waals surface area contributed by atoms with Crippen molar-refractivity contribution in [3.63, 3.8) is 0 Å². The van der Waals surface area contributed by atoms with Crippen molar-refractivity contribution in [2.75, 3.05) is 12.3 Å². The molecule has 0 aliphatic carbocycles. The van der Waals surface area contributed by atoms with Crippen molar-refractivity contribution in [2.45, 2.75) is 18.5 Å².